The van der Waals surface area contributed by atoms with E-state index in [9.17, 15) is 4.79 Å². The van der Waals surface area contributed by atoms with Crippen LogP contribution in [0.2, 0.25) is 0 Å². The van der Waals surface area contributed by atoms with Crippen molar-refractivity contribution >= 4 is 29.0 Å². The summed E-state index contributed by atoms with van der Waals surface area (Å²) in [4.78, 5) is 12.1. The Hall–Kier alpha value is -3.00. The molecule has 0 spiro atoms. The van der Waals surface area contributed by atoms with E-state index in [0.717, 1.165) is 22.7 Å². The lowest BCUT2D eigenvalue weighted by atomic mass is 10.2. The Morgan fingerprint density at radius 2 is 1.93 bits per heavy atom. The Balaban J connectivity index is 1.46. The highest BCUT2D eigenvalue weighted by atomic mass is 32.2. The van der Waals surface area contributed by atoms with Crippen molar-refractivity contribution in [3.63, 3.8) is 0 Å². The summed E-state index contributed by atoms with van der Waals surface area (Å²) in [7, 11) is 1.63. The molecule has 2 N–H and O–H groups in total. The first-order chi connectivity index (χ1) is 13.1. The van der Waals surface area contributed by atoms with Crippen LogP contribution >= 0.6 is 11.8 Å². The van der Waals surface area contributed by atoms with Gasteiger partial charge in [-0.1, -0.05) is 30.0 Å². The van der Waals surface area contributed by atoms with E-state index < -0.39 is 0 Å². The van der Waals surface area contributed by atoms with Gasteiger partial charge in [0.05, 0.1) is 19.4 Å². The number of aryl methyl sites for hydroxylation is 1. The molecule has 0 saturated heterocycles. The molecule has 0 bridgehead atoms. The van der Waals surface area contributed by atoms with E-state index in [4.69, 9.17) is 9.15 Å². The van der Waals surface area contributed by atoms with E-state index in [1.54, 1.807) is 7.11 Å². The maximum atomic E-state index is 12.1. The Morgan fingerprint density at radius 3 is 2.67 bits per heavy atom. The van der Waals surface area contributed by atoms with Gasteiger partial charge in [-0.25, -0.2) is 0 Å². The number of hydrogen-bond acceptors (Lipinski definition) is 7. The van der Waals surface area contributed by atoms with Crippen LogP contribution in [0.5, 0.6) is 5.75 Å². The van der Waals surface area contributed by atoms with E-state index in [2.05, 4.69) is 20.8 Å². The predicted octanol–water partition coefficient (Wildman–Crippen LogP) is 3.73. The molecule has 1 amide bonds. The first kappa shape index (κ1) is 18.8. The number of hydrogen-bond donors (Lipinski definition) is 2. The number of anilines is 2. The number of aromatic nitrogens is 2. The number of carbonyl (C=O) groups is 1. The van der Waals surface area contributed by atoms with Gasteiger partial charge in [0.1, 0.15) is 5.75 Å². The Morgan fingerprint density at radius 1 is 1.15 bits per heavy atom. The maximum Gasteiger partial charge on any atom is 0.277 e. The molecule has 0 aliphatic carbocycles. The van der Waals surface area contributed by atoms with Crippen molar-refractivity contribution in [2.24, 2.45) is 0 Å². The largest absolute Gasteiger partial charge is 0.497 e. The van der Waals surface area contributed by atoms with Gasteiger partial charge in [0, 0.05) is 11.4 Å². The lowest BCUT2D eigenvalue weighted by Gasteiger charge is -2.06. The summed E-state index contributed by atoms with van der Waals surface area (Å²) in [5.41, 5.74) is 2.74. The van der Waals surface area contributed by atoms with Crippen LogP contribution in [0.25, 0.3) is 0 Å². The summed E-state index contributed by atoms with van der Waals surface area (Å²) in [6.45, 7) is 2.35. The van der Waals surface area contributed by atoms with Gasteiger partial charge in [-0.05, 0) is 42.8 Å². The van der Waals surface area contributed by atoms with Gasteiger partial charge >= 0.3 is 0 Å². The van der Waals surface area contributed by atoms with Crippen LogP contribution in [-0.4, -0.2) is 29.0 Å². The lowest BCUT2D eigenvalue weighted by Crippen LogP contribution is -2.14. The second-order valence-corrected chi connectivity index (χ2v) is 6.62. The molecule has 0 aliphatic heterocycles. The lowest BCUT2D eigenvalue weighted by molar-refractivity contribution is -0.113. The van der Waals surface area contributed by atoms with Gasteiger partial charge < -0.3 is 19.8 Å². The number of para-hydroxylation sites is 1. The van der Waals surface area contributed by atoms with Crippen LogP contribution in [0.15, 0.2) is 58.2 Å². The molecule has 0 unspecified atom stereocenters. The first-order valence-corrected chi connectivity index (χ1v) is 9.31. The Kier molecular flexibility index (Phi) is 6.32. The summed E-state index contributed by atoms with van der Waals surface area (Å²) < 4.78 is 10.7. The summed E-state index contributed by atoms with van der Waals surface area (Å²) in [6, 6.07) is 15.2. The van der Waals surface area contributed by atoms with E-state index >= 15 is 0 Å². The standard InChI is InChI=1S/C19H20N4O3S/c1-13-5-3-4-6-16(13)21-17(24)12-27-19-23-22-18(26-19)11-20-14-7-9-15(25-2)10-8-14/h3-10,20H,11-12H2,1-2H3,(H,21,24). The average molecular weight is 384 g/mol. The highest BCUT2D eigenvalue weighted by molar-refractivity contribution is 7.99. The van der Waals surface area contributed by atoms with Crippen molar-refractivity contribution < 1.29 is 13.9 Å². The molecule has 3 rings (SSSR count). The van der Waals surface area contributed by atoms with Gasteiger partial charge in [-0.3, -0.25) is 4.79 Å². The second kappa shape index (κ2) is 9.09. The SMILES string of the molecule is COc1ccc(NCc2nnc(SCC(=O)Nc3ccccc3C)o2)cc1. The smallest absolute Gasteiger partial charge is 0.277 e. The topological polar surface area (TPSA) is 89.3 Å². The normalized spacial score (nSPS) is 10.4. The Labute approximate surface area is 161 Å². The molecule has 1 heterocycles. The maximum absolute atomic E-state index is 12.1. The van der Waals surface area contributed by atoms with Crippen LogP contribution in [0.1, 0.15) is 11.5 Å². The van der Waals surface area contributed by atoms with E-state index in [1.165, 1.54) is 11.8 Å². The minimum atomic E-state index is -0.120. The zero-order valence-corrected chi connectivity index (χ0v) is 15.9. The quantitative estimate of drug-likeness (QED) is 0.572. The molecule has 8 heteroatoms. The summed E-state index contributed by atoms with van der Waals surface area (Å²) in [5, 5.41) is 14.4. The summed E-state index contributed by atoms with van der Waals surface area (Å²) >= 11 is 1.20. The van der Waals surface area contributed by atoms with Gasteiger partial charge in [0.2, 0.25) is 11.8 Å². The molecule has 140 valence electrons. The number of benzene rings is 2. The molecule has 0 atom stereocenters. The molecule has 1 aromatic heterocycles. The van der Waals surface area contributed by atoms with Gasteiger partial charge in [-0.15, -0.1) is 10.2 Å². The summed E-state index contributed by atoms with van der Waals surface area (Å²) in [5.74, 6) is 1.32. The molecule has 0 radical (unpaired) electrons. The second-order valence-electron chi connectivity index (χ2n) is 5.70. The average Bonchev–Trinajstić information content (AvgIpc) is 3.15. The fourth-order valence-electron chi connectivity index (χ4n) is 2.28. The van der Waals surface area contributed by atoms with E-state index in [0.29, 0.717) is 17.7 Å². The molecule has 0 fully saturated rings. The van der Waals surface area contributed by atoms with Gasteiger partial charge in [-0.2, -0.15) is 0 Å². The van der Waals surface area contributed by atoms with Crippen LogP contribution in [0.4, 0.5) is 11.4 Å². The number of rotatable bonds is 8. The number of amides is 1. The predicted molar refractivity (Wildman–Crippen MR) is 105 cm³/mol. The van der Waals surface area contributed by atoms with Crippen LogP contribution in [-0.2, 0) is 11.3 Å². The number of nitrogens with one attached hydrogen (secondary N) is 2. The van der Waals surface area contributed by atoms with Gasteiger partial charge in [0.15, 0.2) is 0 Å². The van der Waals surface area contributed by atoms with Crippen LogP contribution < -0.4 is 15.4 Å². The minimum Gasteiger partial charge on any atom is -0.497 e. The van der Waals surface area contributed by atoms with Crippen LogP contribution in [0.3, 0.4) is 0 Å². The fraction of sp³-hybridized carbons (Fsp3) is 0.211. The zero-order chi connectivity index (χ0) is 19.1. The first-order valence-electron chi connectivity index (χ1n) is 8.32. The molecule has 3 aromatic rings. The molecule has 0 saturated carbocycles. The monoisotopic (exact) mass is 384 g/mol. The van der Waals surface area contributed by atoms with Crippen molar-refractivity contribution in [2.45, 2.75) is 18.7 Å². The molecular weight excluding hydrogens is 364 g/mol. The van der Waals surface area contributed by atoms with Gasteiger partial charge in [0.25, 0.3) is 5.22 Å². The van der Waals surface area contributed by atoms with E-state index in [1.807, 2.05) is 55.5 Å². The number of nitrogens with zero attached hydrogens (tertiary/aromatic N) is 2. The molecule has 2 aromatic carbocycles. The van der Waals surface area contributed by atoms with Crippen molar-refractivity contribution in [1.82, 2.24) is 10.2 Å². The van der Waals surface area contributed by atoms with E-state index in [-0.39, 0.29) is 11.7 Å². The number of thioether (sulfide) groups is 1. The highest BCUT2D eigenvalue weighted by Crippen LogP contribution is 2.19. The molecule has 0 aliphatic rings. The number of carbonyl (C=O) groups excluding carboxylic acids is 1. The third-order valence-corrected chi connectivity index (χ3v) is 4.55. The summed E-state index contributed by atoms with van der Waals surface area (Å²) in [6.07, 6.45) is 0. The minimum absolute atomic E-state index is 0.120. The third kappa shape index (κ3) is 5.49. The number of ether oxygens (including phenoxy) is 1. The third-order valence-electron chi connectivity index (χ3n) is 3.73. The Bertz CT molecular complexity index is 896. The van der Waals surface area contributed by atoms with Crippen molar-refractivity contribution in [1.29, 1.82) is 0 Å². The molecule has 7 nitrogen and oxygen atoms in total. The van der Waals surface area contributed by atoms with Crippen molar-refractivity contribution in [3.8, 4) is 5.75 Å². The molecule has 27 heavy (non-hydrogen) atoms. The zero-order valence-electron chi connectivity index (χ0n) is 15.1. The number of methoxy groups -OCH3 is 1. The van der Waals surface area contributed by atoms with Crippen molar-refractivity contribution in [3.05, 3.63) is 60.0 Å². The van der Waals surface area contributed by atoms with Crippen molar-refractivity contribution in [2.75, 3.05) is 23.5 Å². The highest BCUT2D eigenvalue weighted by Gasteiger charge is 2.10. The molecular formula is C19H20N4O3S. The van der Waals surface area contributed by atoms with Crippen LogP contribution in [0, 0.1) is 6.92 Å². The fourth-order valence-corrected chi connectivity index (χ4v) is 2.86.